The Kier molecular flexibility index (Phi) is 3.29. The van der Waals surface area contributed by atoms with Gasteiger partial charge < -0.3 is 0 Å². The normalized spacial score (nSPS) is 11.1. The Morgan fingerprint density at radius 2 is 2.05 bits per heavy atom. The number of imidazole rings is 1. The molecule has 0 bridgehead atoms. The van der Waals surface area contributed by atoms with Crippen LogP contribution in [0, 0.1) is 11.3 Å². The number of hydrogen-bond acceptors (Lipinski definition) is 3. The highest BCUT2D eigenvalue weighted by Gasteiger charge is 2.18. The van der Waals surface area contributed by atoms with Crippen molar-refractivity contribution < 1.29 is 0 Å². The Bertz CT molecular complexity index is 775. The van der Waals surface area contributed by atoms with Gasteiger partial charge in [-0.25, -0.2) is 4.98 Å². The van der Waals surface area contributed by atoms with Gasteiger partial charge in [0.05, 0.1) is 29.6 Å². The Balaban J connectivity index is 2.28. The third-order valence-electron chi connectivity index (χ3n) is 3.35. The van der Waals surface area contributed by atoms with Crippen LogP contribution < -0.4 is 0 Å². The molecule has 0 radical (unpaired) electrons. The van der Waals surface area contributed by atoms with E-state index in [0.29, 0.717) is 12.3 Å². The van der Waals surface area contributed by atoms with Crippen molar-refractivity contribution in [2.45, 2.75) is 26.2 Å². The maximum atomic E-state index is 9.12. The number of fused-ring (bicyclic) bond motifs is 1. The maximum Gasteiger partial charge on any atom is 0.194 e. The third-order valence-corrected chi connectivity index (χ3v) is 4.18. The lowest BCUT2D eigenvalue weighted by Crippen LogP contribution is -1.98. The molecule has 0 saturated carbocycles. The van der Waals surface area contributed by atoms with E-state index in [0.717, 1.165) is 27.6 Å². The van der Waals surface area contributed by atoms with Gasteiger partial charge in [0, 0.05) is 5.38 Å². The predicted molar refractivity (Wildman–Crippen MR) is 81.9 cm³/mol. The quantitative estimate of drug-likeness (QED) is 0.720. The van der Waals surface area contributed by atoms with Crippen molar-refractivity contribution in [3.8, 4) is 17.3 Å². The van der Waals surface area contributed by atoms with Crippen LogP contribution in [0.25, 0.3) is 16.2 Å². The van der Waals surface area contributed by atoms with Gasteiger partial charge in [0.2, 0.25) is 0 Å². The molecule has 2 aromatic heterocycles. The molecule has 0 atom stereocenters. The number of nitrogens with zero attached hydrogens (tertiary/aromatic N) is 3. The molecule has 3 rings (SSSR count). The molecule has 2 heterocycles. The number of aromatic nitrogens is 2. The summed E-state index contributed by atoms with van der Waals surface area (Å²) in [7, 11) is 0. The van der Waals surface area contributed by atoms with E-state index in [1.807, 2.05) is 18.2 Å². The van der Waals surface area contributed by atoms with Crippen molar-refractivity contribution in [2.75, 3.05) is 0 Å². The molecule has 1 aromatic carbocycles. The molecular formula is C16H15N3S. The lowest BCUT2D eigenvalue weighted by molar-refractivity contribution is 0.814. The molecule has 4 heteroatoms. The van der Waals surface area contributed by atoms with Crippen LogP contribution in [0.2, 0.25) is 0 Å². The minimum Gasteiger partial charge on any atom is -0.286 e. The number of rotatable bonds is 3. The zero-order valence-electron chi connectivity index (χ0n) is 11.5. The Morgan fingerprint density at radius 1 is 1.30 bits per heavy atom. The first-order chi connectivity index (χ1) is 9.72. The van der Waals surface area contributed by atoms with Crippen LogP contribution in [0.3, 0.4) is 0 Å². The van der Waals surface area contributed by atoms with Gasteiger partial charge in [-0.2, -0.15) is 5.26 Å². The molecule has 0 saturated heterocycles. The molecule has 100 valence electrons. The van der Waals surface area contributed by atoms with Crippen LogP contribution in [0.5, 0.6) is 0 Å². The monoisotopic (exact) mass is 281 g/mol. The number of hydrogen-bond donors (Lipinski definition) is 0. The number of thiazole rings is 1. The fraction of sp³-hybridized carbons (Fsp3) is 0.250. The van der Waals surface area contributed by atoms with Crippen molar-refractivity contribution in [1.82, 2.24) is 9.38 Å². The molecule has 3 nitrogen and oxygen atoms in total. The molecule has 0 spiro atoms. The van der Waals surface area contributed by atoms with Gasteiger partial charge in [-0.3, -0.25) is 4.40 Å². The molecule has 0 amide bonds. The van der Waals surface area contributed by atoms with Crippen molar-refractivity contribution >= 4 is 16.3 Å². The number of benzene rings is 1. The second-order valence-electron chi connectivity index (χ2n) is 5.04. The van der Waals surface area contributed by atoms with Crippen molar-refractivity contribution in [1.29, 1.82) is 5.26 Å². The SMILES string of the molecule is CC(C)c1nc2scc(-c3ccccc3)n2c1CC#N. The van der Waals surface area contributed by atoms with Crippen LogP contribution in [0.1, 0.15) is 31.2 Å². The van der Waals surface area contributed by atoms with Gasteiger partial charge in [0.25, 0.3) is 0 Å². The van der Waals surface area contributed by atoms with Crippen LogP contribution in [-0.2, 0) is 6.42 Å². The minimum absolute atomic E-state index is 0.328. The summed E-state index contributed by atoms with van der Waals surface area (Å²) in [6, 6.07) is 12.5. The summed E-state index contributed by atoms with van der Waals surface area (Å²) in [5, 5.41) is 11.2. The summed E-state index contributed by atoms with van der Waals surface area (Å²) >= 11 is 1.63. The highest BCUT2D eigenvalue weighted by atomic mass is 32.1. The van der Waals surface area contributed by atoms with E-state index in [1.54, 1.807) is 11.3 Å². The van der Waals surface area contributed by atoms with Crippen LogP contribution in [0.15, 0.2) is 35.7 Å². The highest BCUT2D eigenvalue weighted by Crippen LogP contribution is 2.31. The summed E-state index contributed by atoms with van der Waals surface area (Å²) in [5.74, 6) is 0.328. The summed E-state index contributed by atoms with van der Waals surface area (Å²) < 4.78 is 2.14. The minimum atomic E-state index is 0.328. The largest absolute Gasteiger partial charge is 0.286 e. The fourth-order valence-electron chi connectivity index (χ4n) is 2.45. The highest BCUT2D eigenvalue weighted by molar-refractivity contribution is 7.15. The zero-order valence-corrected chi connectivity index (χ0v) is 12.3. The van der Waals surface area contributed by atoms with Gasteiger partial charge >= 0.3 is 0 Å². The van der Waals surface area contributed by atoms with Crippen molar-refractivity contribution in [2.24, 2.45) is 0 Å². The first-order valence-corrected chi connectivity index (χ1v) is 7.51. The molecule has 20 heavy (non-hydrogen) atoms. The standard InChI is InChI=1S/C16H15N3S/c1-11(2)15-13(8-9-17)19-14(10-20-16(19)18-15)12-6-4-3-5-7-12/h3-7,10-11H,8H2,1-2H3. The average Bonchev–Trinajstić information content (AvgIpc) is 3.00. The maximum absolute atomic E-state index is 9.12. The average molecular weight is 281 g/mol. The van der Waals surface area contributed by atoms with Gasteiger partial charge in [-0.1, -0.05) is 44.2 Å². The van der Waals surface area contributed by atoms with Crippen LogP contribution in [-0.4, -0.2) is 9.38 Å². The van der Waals surface area contributed by atoms with E-state index in [2.05, 4.69) is 41.8 Å². The first kappa shape index (κ1) is 12.9. The smallest absolute Gasteiger partial charge is 0.194 e. The summed E-state index contributed by atoms with van der Waals surface area (Å²) in [6.45, 7) is 4.24. The van der Waals surface area contributed by atoms with Gasteiger partial charge in [-0.15, -0.1) is 11.3 Å². The summed E-state index contributed by atoms with van der Waals surface area (Å²) in [6.07, 6.45) is 0.394. The molecule has 0 unspecified atom stereocenters. The zero-order chi connectivity index (χ0) is 14.1. The molecule has 3 aromatic rings. The van der Waals surface area contributed by atoms with E-state index in [9.17, 15) is 0 Å². The second kappa shape index (κ2) is 5.10. The van der Waals surface area contributed by atoms with Gasteiger partial charge in [0.15, 0.2) is 4.96 Å². The second-order valence-corrected chi connectivity index (χ2v) is 5.87. The van der Waals surface area contributed by atoms with E-state index in [-0.39, 0.29) is 0 Å². The molecule has 0 N–H and O–H groups in total. The van der Waals surface area contributed by atoms with E-state index < -0.39 is 0 Å². The van der Waals surface area contributed by atoms with Crippen LogP contribution >= 0.6 is 11.3 Å². The van der Waals surface area contributed by atoms with Crippen molar-refractivity contribution in [3.05, 3.63) is 47.1 Å². The first-order valence-electron chi connectivity index (χ1n) is 6.63. The van der Waals surface area contributed by atoms with E-state index >= 15 is 0 Å². The molecule has 0 aliphatic carbocycles. The lowest BCUT2D eigenvalue weighted by atomic mass is 10.1. The third kappa shape index (κ3) is 2.00. The topological polar surface area (TPSA) is 41.1 Å². The van der Waals surface area contributed by atoms with Gasteiger partial charge in [0.1, 0.15) is 0 Å². The molecule has 0 fully saturated rings. The van der Waals surface area contributed by atoms with Gasteiger partial charge in [-0.05, 0) is 11.5 Å². The van der Waals surface area contributed by atoms with E-state index in [1.165, 1.54) is 0 Å². The Hall–Kier alpha value is -2.12. The van der Waals surface area contributed by atoms with Crippen LogP contribution in [0.4, 0.5) is 0 Å². The lowest BCUT2D eigenvalue weighted by Gasteiger charge is -2.06. The predicted octanol–water partition coefficient (Wildman–Crippen LogP) is 4.25. The Morgan fingerprint density at radius 3 is 2.70 bits per heavy atom. The number of nitriles is 1. The molecular weight excluding hydrogens is 266 g/mol. The molecule has 0 aliphatic rings. The van der Waals surface area contributed by atoms with E-state index in [4.69, 9.17) is 10.2 Å². The fourth-order valence-corrected chi connectivity index (χ4v) is 3.37. The summed E-state index contributed by atoms with van der Waals surface area (Å²) in [5.41, 5.74) is 4.34. The molecule has 0 aliphatic heterocycles. The Labute approximate surface area is 122 Å². The summed E-state index contributed by atoms with van der Waals surface area (Å²) in [4.78, 5) is 5.68. The van der Waals surface area contributed by atoms with Crippen molar-refractivity contribution in [3.63, 3.8) is 0 Å².